The smallest absolute Gasteiger partial charge is 0.262 e. The number of ether oxygens (including phenoxy) is 1. The van der Waals surface area contributed by atoms with Gasteiger partial charge in [0, 0.05) is 21.7 Å². The lowest BCUT2D eigenvalue weighted by atomic mass is 10.1. The Morgan fingerprint density at radius 1 is 1.18 bits per heavy atom. The van der Waals surface area contributed by atoms with E-state index in [1.54, 1.807) is 24.3 Å². The number of amides is 1. The van der Waals surface area contributed by atoms with Crippen molar-refractivity contribution in [2.24, 2.45) is 0 Å². The standard InChI is InChI=1S/C20H18FNO4S2/c21-16-7-4-8-17-18(16)15(11-26-14-5-2-1-3-6-14)19(27-17)20(23)22-13-9-10-28(24,25)12-13/h1-8,13H,9-12H2,(H,22,23). The predicted molar refractivity (Wildman–Crippen MR) is 107 cm³/mol. The van der Waals surface area contributed by atoms with Crippen LogP contribution in [0.2, 0.25) is 0 Å². The molecule has 1 fully saturated rings. The monoisotopic (exact) mass is 419 g/mol. The Kier molecular flexibility index (Phi) is 5.07. The van der Waals surface area contributed by atoms with Crippen molar-refractivity contribution in [3.05, 3.63) is 64.8 Å². The summed E-state index contributed by atoms with van der Waals surface area (Å²) in [6, 6.07) is 13.4. The number of thiophene rings is 1. The maximum atomic E-state index is 14.5. The van der Waals surface area contributed by atoms with Gasteiger partial charge in [-0.25, -0.2) is 12.8 Å². The zero-order chi connectivity index (χ0) is 19.7. The summed E-state index contributed by atoms with van der Waals surface area (Å²) in [5.41, 5.74) is 0.473. The van der Waals surface area contributed by atoms with Gasteiger partial charge in [-0.2, -0.15) is 0 Å². The highest BCUT2D eigenvalue weighted by Gasteiger charge is 2.30. The van der Waals surface area contributed by atoms with Gasteiger partial charge in [-0.1, -0.05) is 24.3 Å². The van der Waals surface area contributed by atoms with Crippen LogP contribution in [0.15, 0.2) is 48.5 Å². The van der Waals surface area contributed by atoms with E-state index in [9.17, 15) is 17.6 Å². The number of para-hydroxylation sites is 1. The molecule has 0 aliphatic carbocycles. The Labute approximate surface area is 166 Å². The highest BCUT2D eigenvalue weighted by Crippen LogP contribution is 2.34. The van der Waals surface area contributed by atoms with E-state index >= 15 is 0 Å². The van der Waals surface area contributed by atoms with E-state index in [4.69, 9.17) is 4.74 Å². The van der Waals surface area contributed by atoms with E-state index < -0.39 is 27.6 Å². The molecule has 1 unspecified atom stereocenters. The molecule has 28 heavy (non-hydrogen) atoms. The first kappa shape index (κ1) is 18.9. The molecule has 2 aromatic carbocycles. The molecule has 1 N–H and O–H groups in total. The third kappa shape index (κ3) is 3.88. The first-order valence-corrected chi connectivity index (χ1v) is 11.5. The lowest BCUT2D eigenvalue weighted by Crippen LogP contribution is -2.35. The van der Waals surface area contributed by atoms with E-state index in [0.29, 0.717) is 32.7 Å². The first-order valence-electron chi connectivity index (χ1n) is 8.82. The number of hydrogen-bond acceptors (Lipinski definition) is 5. The number of carbonyl (C=O) groups is 1. The molecule has 5 nitrogen and oxygen atoms in total. The molecule has 0 spiro atoms. The van der Waals surface area contributed by atoms with Gasteiger partial charge in [-0.15, -0.1) is 11.3 Å². The van der Waals surface area contributed by atoms with Crippen molar-refractivity contribution in [3.8, 4) is 5.75 Å². The van der Waals surface area contributed by atoms with Crippen molar-refractivity contribution >= 4 is 37.2 Å². The fourth-order valence-electron chi connectivity index (χ4n) is 3.32. The maximum Gasteiger partial charge on any atom is 0.262 e. The third-order valence-electron chi connectivity index (χ3n) is 4.66. The van der Waals surface area contributed by atoms with E-state index in [-0.39, 0.29) is 18.1 Å². The van der Waals surface area contributed by atoms with Gasteiger partial charge >= 0.3 is 0 Å². The zero-order valence-electron chi connectivity index (χ0n) is 14.9. The molecule has 1 aromatic heterocycles. The van der Waals surface area contributed by atoms with Crippen molar-refractivity contribution in [1.29, 1.82) is 0 Å². The SMILES string of the molecule is O=C(NC1CCS(=O)(=O)C1)c1sc2cccc(F)c2c1COc1ccccc1. The quantitative estimate of drug-likeness (QED) is 0.687. The highest BCUT2D eigenvalue weighted by atomic mass is 32.2. The number of halogens is 1. The molecule has 3 aromatic rings. The van der Waals surface area contributed by atoms with Gasteiger partial charge in [0.1, 0.15) is 18.2 Å². The number of hydrogen-bond donors (Lipinski definition) is 1. The lowest BCUT2D eigenvalue weighted by Gasteiger charge is -2.12. The molecule has 1 saturated heterocycles. The number of benzene rings is 2. The number of sulfone groups is 1. The molecular weight excluding hydrogens is 401 g/mol. The molecule has 0 radical (unpaired) electrons. The minimum atomic E-state index is -3.11. The van der Waals surface area contributed by atoms with Gasteiger partial charge in [0.25, 0.3) is 5.91 Å². The van der Waals surface area contributed by atoms with Gasteiger partial charge in [-0.3, -0.25) is 4.79 Å². The molecule has 2 heterocycles. The van der Waals surface area contributed by atoms with Crippen molar-refractivity contribution in [2.75, 3.05) is 11.5 Å². The van der Waals surface area contributed by atoms with E-state index in [1.165, 1.54) is 17.4 Å². The molecule has 0 bridgehead atoms. The van der Waals surface area contributed by atoms with Gasteiger partial charge in [0.2, 0.25) is 0 Å². The Hall–Kier alpha value is -2.45. The summed E-state index contributed by atoms with van der Waals surface area (Å²) in [6.07, 6.45) is 0.392. The van der Waals surface area contributed by atoms with Gasteiger partial charge in [0.05, 0.1) is 16.4 Å². The van der Waals surface area contributed by atoms with Gasteiger partial charge < -0.3 is 10.1 Å². The number of rotatable bonds is 5. The fraction of sp³-hybridized carbons (Fsp3) is 0.250. The lowest BCUT2D eigenvalue weighted by molar-refractivity contribution is 0.0943. The van der Waals surface area contributed by atoms with Crippen LogP contribution in [0, 0.1) is 5.82 Å². The van der Waals surface area contributed by atoms with Crippen molar-refractivity contribution < 1.29 is 22.3 Å². The number of fused-ring (bicyclic) bond motifs is 1. The second kappa shape index (κ2) is 7.52. The average Bonchev–Trinajstić information content (AvgIpc) is 3.21. The number of nitrogens with one attached hydrogen (secondary N) is 1. The van der Waals surface area contributed by atoms with Crippen molar-refractivity contribution in [3.63, 3.8) is 0 Å². The van der Waals surface area contributed by atoms with Crippen LogP contribution in [-0.4, -0.2) is 31.9 Å². The Morgan fingerprint density at radius 3 is 2.68 bits per heavy atom. The summed E-state index contributed by atoms with van der Waals surface area (Å²) in [6.45, 7) is 0.0384. The summed E-state index contributed by atoms with van der Waals surface area (Å²) in [4.78, 5) is 13.2. The minimum absolute atomic E-state index is 0.0384. The first-order chi connectivity index (χ1) is 13.4. The summed E-state index contributed by atoms with van der Waals surface area (Å²) in [7, 11) is -3.11. The highest BCUT2D eigenvalue weighted by molar-refractivity contribution is 7.91. The third-order valence-corrected chi connectivity index (χ3v) is 7.63. The van der Waals surface area contributed by atoms with Crippen LogP contribution in [0.4, 0.5) is 4.39 Å². The van der Waals surface area contributed by atoms with Crippen LogP contribution in [0.3, 0.4) is 0 Å². The molecular formula is C20H18FNO4S2. The summed E-state index contributed by atoms with van der Waals surface area (Å²) < 4.78 is 44.2. The molecule has 1 aliphatic rings. The molecule has 1 atom stereocenters. The van der Waals surface area contributed by atoms with E-state index in [0.717, 1.165) is 0 Å². The van der Waals surface area contributed by atoms with Crippen molar-refractivity contribution in [1.82, 2.24) is 5.32 Å². The zero-order valence-corrected chi connectivity index (χ0v) is 16.5. The van der Waals surface area contributed by atoms with E-state index in [2.05, 4.69) is 5.32 Å². The second-order valence-electron chi connectivity index (χ2n) is 6.70. The van der Waals surface area contributed by atoms with E-state index in [1.807, 2.05) is 18.2 Å². The van der Waals surface area contributed by atoms with Crippen LogP contribution in [0.1, 0.15) is 21.7 Å². The summed E-state index contributed by atoms with van der Waals surface area (Å²) >= 11 is 1.18. The van der Waals surface area contributed by atoms with Gasteiger partial charge in [0.15, 0.2) is 9.84 Å². The molecule has 4 rings (SSSR count). The molecule has 1 amide bonds. The molecule has 0 saturated carbocycles. The van der Waals surface area contributed by atoms with Crippen molar-refractivity contribution in [2.45, 2.75) is 19.1 Å². The maximum absolute atomic E-state index is 14.5. The fourth-order valence-corrected chi connectivity index (χ4v) is 6.12. The minimum Gasteiger partial charge on any atom is -0.489 e. The van der Waals surface area contributed by atoms with Crippen LogP contribution in [0.5, 0.6) is 5.75 Å². The molecule has 1 aliphatic heterocycles. The topological polar surface area (TPSA) is 72.5 Å². The van der Waals surface area contributed by atoms with Crippen LogP contribution in [0.25, 0.3) is 10.1 Å². The van der Waals surface area contributed by atoms with Crippen LogP contribution >= 0.6 is 11.3 Å². The largest absolute Gasteiger partial charge is 0.489 e. The summed E-state index contributed by atoms with van der Waals surface area (Å²) in [5, 5.41) is 3.15. The Bertz CT molecular complexity index is 1130. The van der Waals surface area contributed by atoms with Crippen LogP contribution in [-0.2, 0) is 16.4 Å². The Morgan fingerprint density at radius 2 is 1.96 bits per heavy atom. The molecule has 8 heteroatoms. The summed E-state index contributed by atoms with van der Waals surface area (Å²) in [5.74, 6) is -0.180. The van der Waals surface area contributed by atoms with Gasteiger partial charge in [-0.05, 0) is 30.7 Å². The Balaban J connectivity index is 1.65. The molecule has 146 valence electrons. The average molecular weight is 419 g/mol. The number of carbonyl (C=O) groups excluding carboxylic acids is 1. The van der Waals surface area contributed by atoms with Crippen LogP contribution < -0.4 is 10.1 Å². The predicted octanol–water partition coefficient (Wildman–Crippen LogP) is 3.54. The second-order valence-corrected chi connectivity index (χ2v) is 9.98. The normalized spacial score (nSPS) is 18.2.